The highest BCUT2D eigenvalue weighted by Crippen LogP contribution is 2.24. The van der Waals surface area contributed by atoms with Gasteiger partial charge in [-0.1, -0.05) is 18.2 Å². The van der Waals surface area contributed by atoms with E-state index < -0.39 is 0 Å². The zero-order valence-electron chi connectivity index (χ0n) is 13.4. The van der Waals surface area contributed by atoms with E-state index in [1.165, 1.54) is 6.07 Å². The van der Waals surface area contributed by atoms with Crippen LogP contribution < -0.4 is 5.63 Å². The molecule has 0 aliphatic heterocycles. The summed E-state index contributed by atoms with van der Waals surface area (Å²) in [5, 5.41) is 11.6. The first kappa shape index (κ1) is 15.1. The van der Waals surface area contributed by atoms with E-state index in [1.54, 1.807) is 24.4 Å². The molecule has 25 heavy (non-hydrogen) atoms. The van der Waals surface area contributed by atoms with Gasteiger partial charge in [0.25, 0.3) is 0 Å². The van der Waals surface area contributed by atoms with Gasteiger partial charge in [-0.15, -0.1) is 0 Å². The average molecular weight is 330 g/mol. The Kier molecular flexibility index (Phi) is 3.54. The van der Waals surface area contributed by atoms with Crippen molar-refractivity contribution in [3.05, 3.63) is 76.3 Å². The topological polar surface area (TPSA) is 75.7 Å². The molecule has 0 saturated carbocycles. The van der Waals surface area contributed by atoms with Crippen LogP contribution in [0.1, 0.15) is 11.3 Å². The smallest absolute Gasteiger partial charge is 0.336 e. The summed E-state index contributed by atoms with van der Waals surface area (Å²) in [6.07, 6.45) is 1.61. The van der Waals surface area contributed by atoms with Gasteiger partial charge in [0, 0.05) is 22.9 Å². The van der Waals surface area contributed by atoms with Crippen LogP contribution in [0.5, 0.6) is 5.75 Å². The standard InChI is InChI=1S/C20H14N2O3/c1-12-9-19(24)25-18-10-14(7-8-16(12)18)21-11-15-6-5-13-3-2-4-17(23)20(13)22-15/h2-11,23H,1H3. The zero-order valence-corrected chi connectivity index (χ0v) is 13.4. The van der Waals surface area contributed by atoms with Crippen LogP contribution in [0.2, 0.25) is 0 Å². The minimum atomic E-state index is -0.377. The first-order valence-corrected chi connectivity index (χ1v) is 7.77. The number of hydrogen-bond acceptors (Lipinski definition) is 5. The minimum Gasteiger partial charge on any atom is -0.506 e. The minimum absolute atomic E-state index is 0.135. The fraction of sp³-hybridized carbons (Fsp3) is 0.0500. The van der Waals surface area contributed by atoms with Crippen molar-refractivity contribution in [3.63, 3.8) is 0 Å². The normalized spacial score (nSPS) is 11.6. The monoisotopic (exact) mass is 330 g/mol. The summed E-state index contributed by atoms with van der Waals surface area (Å²) in [5.41, 5.74) is 2.81. The highest BCUT2D eigenvalue weighted by Gasteiger charge is 2.04. The molecule has 0 atom stereocenters. The highest BCUT2D eigenvalue weighted by atomic mass is 16.4. The summed E-state index contributed by atoms with van der Waals surface area (Å²) in [6, 6.07) is 15.9. The van der Waals surface area contributed by atoms with Crippen LogP contribution in [0.3, 0.4) is 0 Å². The zero-order chi connectivity index (χ0) is 17.4. The number of aryl methyl sites for hydroxylation is 1. The maximum atomic E-state index is 11.5. The Balaban J connectivity index is 1.73. The van der Waals surface area contributed by atoms with Gasteiger partial charge in [0.2, 0.25) is 0 Å². The predicted molar refractivity (Wildman–Crippen MR) is 97.9 cm³/mol. The predicted octanol–water partition coefficient (Wildman–Crippen LogP) is 4.11. The van der Waals surface area contributed by atoms with E-state index in [0.717, 1.165) is 16.3 Å². The van der Waals surface area contributed by atoms with Crippen molar-refractivity contribution in [2.75, 3.05) is 0 Å². The Bertz CT molecular complexity index is 1190. The molecule has 4 rings (SSSR count). The average Bonchev–Trinajstić information content (AvgIpc) is 2.60. The number of aromatic hydroxyl groups is 1. The summed E-state index contributed by atoms with van der Waals surface area (Å²) in [6.45, 7) is 1.87. The molecule has 0 spiro atoms. The molecule has 0 fully saturated rings. The quantitative estimate of drug-likeness (QED) is 0.443. The van der Waals surface area contributed by atoms with E-state index >= 15 is 0 Å². The third kappa shape index (κ3) is 2.87. The lowest BCUT2D eigenvalue weighted by Gasteiger charge is -2.02. The van der Waals surface area contributed by atoms with Crippen molar-refractivity contribution >= 4 is 33.8 Å². The molecule has 0 bridgehead atoms. The van der Waals surface area contributed by atoms with E-state index in [9.17, 15) is 9.90 Å². The third-order valence-corrected chi connectivity index (χ3v) is 4.00. The van der Waals surface area contributed by atoms with Gasteiger partial charge in [-0.3, -0.25) is 4.99 Å². The van der Waals surface area contributed by atoms with Gasteiger partial charge in [0.05, 0.1) is 17.6 Å². The molecule has 0 amide bonds. The molecular formula is C20H14N2O3. The lowest BCUT2D eigenvalue weighted by atomic mass is 10.1. The van der Waals surface area contributed by atoms with E-state index in [1.807, 2.05) is 37.3 Å². The number of pyridine rings is 1. The molecular weight excluding hydrogens is 316 g/mol. The Morgan fingerprint density at radius 2 is 2.00 bits per heavy atom. The Labute approximate surface area is 142 Å². The molecule has 0 aliphatic carbocycles. The van der Waals surface area contributed by atoms with E-state index in [0.29, 0.717) is 22.5 Å². The van der Waals surface area contributed by atoms with E-state index in [2.05, 4.69) is 9.98 Å². The van der Waals surface area contributed by atoms with Crippen LogP contribution in [0.15, 0.2) is 68.8 Å². The van der Waals surface area contributed by atoms with Crippen molar-refractivity contribution in [2.24, 2.45) is 4.99 Å². The number of aliphatic imine (C=N–C) groups is 1. The SMILES string of the molecule is Cc1cc(=O)oc2cc(N=Cc3ccc4cccc(O)c4n3)ccc12. The first-order valence-electron chi connectivity index (χ1n) is 7.77. The van der Waals surface area contributed by atoms with Gasteiger partial charge in [-0.25, -0.2) is 9.78 Å². The van der Waals surface area contributed by atoms with Crippen molar-refractivity contribution in [1.82, 2.24) is 4.98 Å². The molecule has 2 aromatic heterocycles. The Morgan fingerprint density at radius 1 is 1.12 bits per heavy atom. The molecule has 4 aromatic rings. The van der Waals surface area contributed by atoms with Crippen LogP contribution in [0.4, 0.5) is 5.69 Å². The van der Waals surface area contributed by atoms with Crippen LogP contribution >= 0.6 is 0 Å². The number of benzene rings is 2. The van der Waals surface area contributed by atoms with Gasteiger partial charge in [0.1, 0.15) is 16.8 Å². The summed E-state index contributed by atoms with van der Waals surface area (Å²) < 4.78 is 5.23. The van der Waals surface area contributed by atoms with Crippen LogP contribution in [-0.2, 0) is 0 Å². The number of phenolic OH excluding ortho intramolecular Hbond substituents is 1. The van der Waals surface area contributed by atoms with Gasteiger partial charge in [-0.2, -0.15) is 0 Å². The lowest BCUT2D eigenvalue weighted by Crippen LogP contribution is -1.97. The largest absolute Gasteiger partial charge is 0.506 e. The molecule has 0 radical (unpaired) electrons. The second-order valence-corrected chi connectivity index (χ2v) is 5.77. The molecule has 1 N–H and O–H groups in total. The third-order valence-electron chi connectivity index (χ3n) is 4.00. The number of aromatic nitrogens is 1. The summed E-state index contributed by atoms with van der Waals surface area (Å²) in [7, 11) is 0. The lowest BCUT2D eigenvalue weighted by molar-refractivity contribution is 0.480. The first-order chi connectivity index (χ1) is 12.1. The molecule has 0 saturated heterocycles. The van der Waals surface area contributed by atoms with E-state index in [-0.39, 0.29) is 11.4 Å². The van der Waals surface area contributed by atoms with Crippen molar-refractivity contribution in [1.29, 1.82) is 0 Å². The highest BCUT2D eigenvalue weighted by molar-refractivity contribution is 5.90. The summed E-state index contributed by atoms with van der Waals surface area (Å²) >= 11 is 0. The molecule has 5 heteroatoms. The molecule has 2 heterocycles. The van der Waals surface area contributed by atoms with Crippen molar-refractivity contribution < 1.29 is 9.52 Å². The number of fused-ring (bicyclic) bond motifs is 2. The molecule has 0 aliphatic rings. The Morgan fingerprint density at radius 3 is 2.88 bits per heavy atom. The van der Waals surface area contributed by atoms with Crippen molar-refractivity contribution in [2.45, 2.75) is 6.92 Å². The van der Waals surface area contributed by atoms with Crippen LogP contribution in [0.25, 0.3) is 21.9 Å². The maximum absolute atomic E-state index is 11.5. The molecule has 122 valence electrons. The fourth-order valence-electron chi connectivity index (χ4n) is 2.75. The second kappa shape index (κ2) is 5.87. The van der Waals surface area contributed by atoms with Gasteiger partial charge in [-0.05, 0) is 36.8 Å². The fourth-order valence-corrected chi connectivity index (χ4v) is 2.75. The van der Waals surface area contributed by atoms with Gasteiger partial charge in [0.15, 0.2) is 0 Å². The summed E-state index contributed by atoms with van der Waals surface area (Å²) in [5.74, 6) is 0.135. The Hall–Kier alpha value is -3.47. The van der Waals surface area contributed by atoms with Gasteiger partial charge >= 0.3 is 5.63 Å². The number of rotatable bonds is 2. The number of phenols is 1. The van der Waals surface area contributed by atoms with Crippen LogP contribution in [0, 0.1) is 6.92 Å². The summed E-state index contributed by atoms with van der Waals surface area (Å²) in [4.78, 5) is 20.3. The maximum Gasteiger partial charge on any atom is 0.336 e. The van der Waals surface area contributed by atoms with E-state index in [4.69, 9.17) is 4.42 Å². The molecule has 2 aromatic carbocycles. The number of hydrogen-bond donors (Lipinski definition) is 1. The van der Waals surface area contributed by atoms with Crippen molar-refractivity contribution in [3.8, 4) is 5.75 Å². The number of para-hydroxylation sites is 1. The molecule has 0 unspecified atom stereocenters. The number of nitrogens with zero attached hydrogens (tertiary/aromatic N) is 2. The van der Waals surface area contributed by atoms with Crippen LogP contribution in [-0.4, -0.2) is 16.3 Å². The molecule has 5 nitrogen and oxygen atoms in total. The second-order valence-electron chi connectivity index (χ2n) is 5.77. The van der Waals surface area contributed by atoms with Gasteiger partial charge < -0.3 is 9.52 Å².